The number of fused-ring (bicyclic) bond motifs is 1. The molecule has 0 aliphatic carbocycles. The largest absolute Gasteiger partial charge is 0.321 e. The number of nitrogens with one attached hydrogen (secondary N) is 1. The summed E-state index contributed by atoms with van der Waals surface area (Å²) in [5, 5.41) is 11.0. The summed E-state index contributed by atoms with van der Waals surface area (Å²) in [6.45, 7) is 1.42. The second-order valence-electron chi connectivity index (χ2n) is 3.89. The number of nitrogens with zero attached hydrogens (tertiary/aromatic N) is 1. The van der Waals surface area contributed by atoms with Crippen LogP contribution in [0.1, 0.15) is 6.92 Å². The number of benzene rings is 1. The second-order valence-corrected chi connectivity index (χ2v) is 6.14. The van der Waals surface area contributed by atoms with Gasteiger partial charge in [-0.05, 0) is 12.1 Å². The van der Waals surface area contributed by atoms with E-state index < -0.39 is 20.3 Å². The second kappa shape index (κ2) is 4.47. The summed E-state index contributed by atoms with van der Waals surface area (Å²) in [5.74, 6) is -0.212. The van der Waals surface area contributed by atoms with Crippen molar-refractivity contribution in [3.05, 3.63) is 44.7 Å². The Bertz CT molecular complexity index is 823. The van der Waals surface area contributed by atoms with Crippen molar-refractivity contribution >= 4 is 26.4 Å². The van der Waals surface area contributed by atoms with Crippen molar-refractivity contribution in [1.29, 1.82) is 0 Å². The van der Waals surface area contributed by atoms with E-state index >= 15 is 0 Å². The van der Waals surface area contributed by atoms with Crippen LogP contribution in [0.4, 0.5) is 5.69 Å². The summed E-state index contributed by atoms with van der Waals surface area (Å²) in [7, 11) is -3.67. The molecule has 100 valence electrons. The van der Waals surface area contributed by atoms with Gasteiger partial charge >= 0.3 is 0 Å². The lowest BCUT2D eigenvalue weighted by molar-refractivity contribution is -0.384. The number of nitro benzene ring substituents is 1. The molecule has 1 aromatic carbocycles. The molecule has 1 aromatic heterocycles. The summed E-state index contributed by atoms with van der Waals surface area (Å²) in [6.07, 6.45) is 0. The van der Waals surface area contributed by atoms with E-state index in [1.54, 1.807) is 0 Å². The Balaban J connectivity index is 2.80. The molecule has 19 heavy (non-hydrogen) atoms. The number of non-ortho nitro benzene ring substituents is 1. The number of aromatic nitrogens is 1. The van der Waals surface area contributed by atoms with Gasteiger partial charge in [0.25, 0.3) is 11.2 Å². The van der Waals surface area contributed by atoms with Crippen molar-refractivity contribution in [2.24, 2.45) is 0 Å². The lowest BCUT2D eigenvalue weighted by Gasteiger charge is -2.03. The van der Waals surface area contributed by atoms with Crippen LogP contribution in [0.5, 0.6) is 0 Å². The first-order valence-corrected chi connectivity index (χ1v) is 7.04. The predicted octanol–water partition coefficient (Wildman–Crippen LogP) is 1.23. The zero-order chi connectivity index (χ0) is 14.2. The summed E-state index contributed by atoms with van der Waals surface area (Å²) < 4.78 is 23.5. The molecule has 7 nitrogen and oxygen atoms in total. The minimum Gasteiger partial charge on any atom is -0.321 e. The van der Waals surface area contributed by atoms with Crippen molar-refractivity contribution in [1.82, 2.24) is 4.98 Å². The monoisotopic (exact) mass is 282 g/mol. The van der Waals surface area contributed by atoms with Gasteiger partial charge < -0.3 is 4.98 Å². The molecule has 0 aliphatic heterocycles. The van der Waals surface area contributed by atoms with Crippen molar-refractivity contribution in [2.75, 3.05) is 5.75 Å². The Kier molecular flexibility index (Phi) is 3.11. The number of pyridine rings is 1. The Hall–Kier alpha value is -2.22. The number of sulfone groups is 1. The molecule has 0 saturated heterocycles. The third-order valence-corrected chi connectivity index (χ3v) is 4.45. The summed E-state index contributed by atoms with van der Waals surface area (Å²) in [6, 6.07) is 5.00. The van der Waals surface area contributed by atoms with Crippen LogP contribution in [0, 0.1) is 10.1 Å². The molecule has 0 saturated carbocycles. The van der Waals surface area contributed by atoms with Crippen molar-refractivity contribution in [2.45, 2.75) is 11.8 Å². The number of rotatable bonds is 3. The maximum Gasteiger partial charge on any atom is 0.270 e. The van der Waals surface area contributed by atoms with Crippen molar-refractivity contribution in [3.8, 4) is 0 Å². The maximum absolute atomic E-state index is 11.7. The van der Waals surface area contributed by atoms with Gasteiger partial charge in [0.15, 0.2) is 9.84 Å². The normalized spacial score (nSPS) is 11.6. The van der Waals surface area contributed by atoms with E-state index in [9.17, 15) is 23.3 Å². The number of aromatic amines is 1. The van der Waals surface area contributed by atoms with Gasteiger partial charge in [0.2, 0.25) is 0 Å². The van der Waals surface area contributed by atoms with E-state index in [2.05, 4.69) is 4.98 Å². The van der Waals surface area contributed by atoms with Gasteiger partial charge in [0.1, 0.15) is 4.90 Å². The Morgan fingerprint density at radius 3 is 2.58 bits per heavy atom. The maximum atomic E-state index is 11.7. The molecule has 2 rings (SSSR count). The number of H-pyrrole nitrogens is 1. The molecular weight excluding hydrogens is 272 g/mol. The zero-order valence-electron chi connectivity index (χ0n) is 9.91. The molecule has 0 spiro atoms. The van der Waals surface area contributed by atoms with Gasteiger partial charge in [-0.25, -0.2) is 8.42 Å². The standard InChI is InChI=1S/C11H10N2O5S/c1-2-19(17,18)10-6-7-5-8(13(15)16)3-4-9(7)12-11(10)14/h3-6H,2H2,1H3,(H,12,14). The van der Waals surface area contributed by atoms with Crippen LogP contribution < -0.4 is 5.56 Å². The van der Waals surface area contributed by atoms with Crippen LogP contribution in [-0.4, -0.2) is 24.1 Å². The lowest BCUT2D eigenvalue weighted by Crippen LogP contribution is -2.18. The highest BCUT2D eigenvalue weighted by Crippen LogP contribution is 2.20. The van der Waals surface area contributed by atoms with Crippen LogP contribution in [0.3, 0.4) is 0 Å². The minimum atomic E-state index is -3.67. The van der Waals surface area contributed by atoms with Crippen molar-refractivity contribution < 1.29 is 13.3 Å². The third-order valence-electron chi connectivity index (χ3n) is 2.72. The highest BCUT2D eigenvalue weighted by molar-refractivity contribution is 7.91. The van der Waals surface area contributed by atoms with E-state index in [0.717, 1.165) is 0 Å². The van der Waals surface area contributed by atoms with Crippen LogP contribution in [0.2, 0.25) is 0 Å². The first-order chi connectivity index (χ1) is 8.85. The molecule has 1 N–H and O–H groups in total. The summed E-state index contributed by atoms with van der Waals surface area (Å²) in [4.78, 5) is 23.8. The number of hydrogen-bond acceptors (Lipinski definition) is 5. The zero-order valence-corrected chi connectivity index (χ0v) is 10.7. The molecule has 1 heterocycles. The fourth-order valence-corrected chi connectivity index (χ4v) is 2.63. The Morgan fingerprint density at radius 2 is 2.00 bits per heavy atom. The molecule has 0 fully saturated rings. The van der Waals surface area contributed by atoms with Gasteiger partial charge in [-0.2, -0.15) is 0 Å². The van der Waals surface area contributed by atoms with E-state index in [0.29, 0.717) is 10.9 Å². The van der Waals surface area contributed by atoms with E-state index in [1.807, 2.05) is 0 Å². The van der Waals surface area contributed by atoms with Crippen LogP contribution in [0.15, 0.2) is 34.0 Å². The Labute approximate surface area is 108 Å². The predicted molar refractivity (Wildman–Crippen MR) is 68.9 cm³/mol. The molecule has 0 radical (unpaired) electrons. The smallest absolute Gasteiger partial charge is 0.270 e. The van der Waals surface area contributed by atoms with Gasteiger partial charge in [-0.15, -0.1) is 0 Å². The van der Waals surface area contributed by atoms with Crippen LogP contribution in [-0.2, 0) is 9.84 Å². The van der Waals surface area contributed by atoms with Gasteiger partial charge in [-0.3, -0.25) is 14.9 Å². The topological polar surface area (TPSA) is 110 Å². The molecule has 0 aliphatic rings. The molecule has 2 aromatic rings. The molecule has 0 unspecified atom stereocenters. The Morgan fingerprint density at radius 1 is 1.32 bits per heavy atom. The van der Waals surface area contributed by atoms with Gasteiger partial charge in [0.05, 0.1) is 10.7 Å². The van der Waals surface area contributed by atoms with Crippen molar-refractivity contribution in [3.63, 3.8) is 0 Å². The molecule has 0 amide bonds. The quantitative estimate of drug-likeness (QED) is 0.672. The third kappa shape index (κ3) is 2.34. The highest BCUT2D eigenvalue weighted by Gasteiger charge is 2.17. The van der Waals surface area contributed by atoms with Gasteiger partial charge in [0, 0.05) is 23.0 Å². The highest BCUT2D eigenvalue weighted by atomic mass is 32.2. The minimum absolute atomic E-state index is 0.167. The fraction of sp³-hybridized carbons (Fsp3) is 0.182. The van der Waals surface area contributed by atoms with E-state index in [1.165, 1.54) is 31.2 Å². The molecular formula is C11H10N2O5S. The summed E-state index contributed by atoms with van der Waals surface area (Å²) >= 11 is 0. The lowest BCUT2D eigenvalue weighted by atomic mass is 10.2. The first kappa shape index (κ1) is 13.2. The van der Waals surface area contributed by atoms with Crippen LogP contribution in [0.25, 0.3) is 10.9 Å². The summed E-state index contributed by atoms with van der Waals surface area (Å²) in [5.41, 5.74) is -0.534. The fourth-order valence-electron chi connectivity index (χ4n) is 1.67. The number of nitro groups is 1. The van der Waals surface area contributed by atoms with Gasteiger partial charge in [-0.1, -0.05) is 6.92 Å². The van der Waals surface area contributed by atoms with E-state index in [4.69, 9.17) is 0 Å². The average molecular weight is 282 g/mol. The molecule has 0 atom stereocenters. The van der Waals surface area contributed by atoms with E-state index in [-0.39, 0.29) is 16.3 Å². The average Bonchev–Trinajstić information content (AvgIpc) is 2.37. The molecule has 8 heteroatoms. The SMILES string of the molecule is CCS(=O)(=O)c1cc2cc([N+](=O)[O-])ccc2[nH]c1=O. The van der Waals surface area contributed by atoms with Crippen LogP contribution >= 0.6 is 0 Å². The first-order valence-electron chi connectivity index (χ1n) is 5.39. The molecule has 0 bridgehead atoms. The number of hydrogen-bond donors (Lipinski definition) is 1.